The van der Waals surface area contributed by atoms with E-state index in [1.165, 1.54) is 11.6 Å². The molecule has 6 rings (SSSR count). The molecule has 2 aliphatic heterocycles. The number of nitrogens with two attached hydrogens (primary N) is 1. The van der Waals surface area contributed by atoms with E-state index in [0.717, 1.165) is 64.8 Å². The summed E-state index contributed by atoms with van der Waals surface area (Å²) in [7, 11) is 0. The normalized spacial score (nSPS) is 16.2. The molecule has 7 heteroatoms. The lowest BCUT2D eigenvalue weighted by Crippen LogP contribution is -2.43. The lowest BCUT2D eigenvalue weighted by molar-refractivity contribution is 0.0714. The Bertz CT molecular complexity index is 1500. The van der Waals surface area contributed by atoms with Gasteiger partial charge in [0, 0.05) is 48.7 Å². The third-order valence-corrected chi connectivity index (χ3v) is 7.68. The highest BCUT2D eigenvalue weighted by atomic mass is 19.1. The van der Waals surface area contributed by atoms with Crippen LogP contribution < -0.4 is 10.6 Å². The van der Waals surface area contributed by atoms with Crippen molar-refractivity contribution in [3.63, 3.8) is 0 Å². The van der Waals surface area contributed by atoms with Gasteiger partial charge in [-0.1, -0.05) is 24.3 Å². The van der Waals surface area contributed by atoms with Crippen LogP contribution in [0.1, 0.15) is 39.9 Å². The van der Waals surface area contributed by atoms with E-state index in [1.54, 1.807) is 18.5 Å². The first-order valence-corrected chi connectivity index (χ1v) is 12.9. The maximum Gasteiger partial charge on any atom is 0.253 e. The fourth-order valence-corrected chi connectivity index (χ4v) is 5.59. The van der Waals surface area contributed by atoms with E-state index in [9.17, 15) is 9.18 Å². The maximum absolute atomic E-state index is 14.6. The molecule has 1 fully saturated rings. The molecule has 0 radical (unpaired) electrons. The van der Waals surface area contributed by atoms with Crippen LogP contribution in [-0.2, 0) is 13.0 Å². The summed E-state index contributed by atoms with van der Waals surface area (Å²) in [6.45, 7) is 4.87. The van der Waals surface area contributed by atoms with Crippen LogP contribution in [-0.4, -0.2) is 46.5 Å². The van der Waals surface area contributed by atoms with Crippen molar-refractivity contribution in [1.29, 1.82) is 0 Å². The predicted octanol–water partition coefficient (Wildman–Crippen LogP) is 4.87. The van der Waals surface area contributed by atoms with Crippen molar-refractivity contribution in [2.24, 2.45) is 5.73 Å². The minimum atomic E-state index is -0.251. The van der Waals surface area contributed by atoms with Gasteiger partial charge >= 0.3 is 0 Å². The topological polar surface area (TPSA) is 75.4 Å². The molecule has 1 saturated heterocycles. The first-order chi connectivity index (χ1) is 18.0. The second-order valence-corrected chi connectivity index (χ2v) is 10.2. The van der Waals surface area contributed by atoms with Gasteiger partial charge in [0.05, 0.1) is 5.52 Å². The van der Waals surface area contributed by atoms with Crippen molar-refractivity contribution in [1.82, 2.24) is 14.9 Å². The number of hydrogen-bond donors (Lipinski definition) is 1. The van der Waals surface area contributed by atoms with E-state index in [-0.39, 0.29) is 17.8 Å². The van der Waals surface area contributed by atoms with Crippen LogP contribution in [0.3, 0.4) is 0 Å². The largest absolute Gasteiger partial charge is 0.351 e. The molecule has 0 atom stereocenters. The number of carbonyl (C=O) groups excluding carboxylic acids is 1. The standard InChI is InChI=1S/C30H30FN5O/c1-19-14-22(25-4-2-3-5-27(25)31)16-26-28(19)33-18-34-29(26)36-11-8-20-6-7-21(15-23(20)17-36)30(37)35-12-9-24(32)10-13-35/h2-7,14-16,18,24H,8-13,17,32H2,1H3. The highest BCUT2D eigenvalue weighted by Crippen LogP contribution is 2.34. The van der Waals surface area contributed by atoms with Gasteiger partial charge in [-0.25, -0.2) is 14.4 Å². The summed E-state index contributed by atoms with van der Waals surface area (Å²) >= 11 is 0. The average molecular weight is 496 g/mol. The number of rotatable bonds is 3. The molecule has 0 bridgehead atoms. The number of benzene rings is 3. The summed E-state index contributed by atoms with van der Waals surface area (Å²) in [4.78, 5) is 26.5. The summed E-state index contributed by atoms with van der Waals surface area (Å²) < 4.78 is 14.6. The molecule has 6 nitrogen and oxygen atoms in total. The number of aromatic nitrogens is 2. The highest BCUT2D eigenvalue weighted by molar-refractivity contribution is 5.96. The lowest BCUT2D eigenvalue weighted by atomic mass is 9.95. The molecular weight excluding hydrogens is 465 g/mol. The fourth-order valence-electron chi connectivity index (χ4n) is 5.59. The summed E-state index contributed by atoms with van der Waals surface area (Å²) in [6, 6.07) is 17.1. The summed E-state index contributed by atoms with van der Waals surface area (Å²) in [6.07, 6.45) is 4.16. The van der Waals surface area contributed by atoms with Gasteiger partial charge in [0.2, 0.25) is 0 Å². The molecule has 2 N–H and O–H groups in total. The van der Waals surface area contributed by atoms with Gasteiger partial charge in [0.25, 0.3) is 5.91 Å². The van der Waals surface area contributed by atoms with Gasteiger partial charge in [0.1, 0.15) is 18.0 Å². The Morgan fingerprint density at radius 3 is 2.62 bits per heavy atom. The van der Waals surface area contributed by atoms with Gasteiger partial charge in [-0.3, -0.25) is 4.79 Å². The molecule has 2 aliphatic rings. The molecular formula is C30H30FN5O. The Morgan fingerprint density at radius 2 is 1.81 bits per heavy atom. The Hall–Kier alpha value is -3.84. The van der Waals surface area contributed by atoms with Crippen LogP contribution >= 0.6 is 0 Å². The van der Waals surface area contributed by atoms with Gasteiger partial charge in [0.15, 0.2) is 0 Å². The molecule has 1 amide bonds. The summed E-state index contributed by atoms with van der Waals surface area (Å²) in [5.41, 5.74) is 12.4. The third-order valence-electron chi connectivity index (χ3n) is 7.68. The number of hydrogen-bond acceptors (Lipinski definition) is 5. The summed E-state index contributed by atoms with van der Waals surface area (Å²) in [5.74, 6) is 0.655. The van der Waals surface area contributed by atoms with E-state index in [0.29, 0.717) is 25.2 Å². The van der Waals surface area contributed by atoms with Crippen LogP contribution in [0.2, 0.25) is 0 Å². The number of fused-ring (bicyclic) bond motifs is 2. The molecule has 0 aliphatic carbocycles. The molecule has 4 aromatic rings. The zero-order valence-electron chi connectivity index (χ0n) is 21.0. The van der Waals surface area contributed by atoms with Crippen LogP contribution in [0, 0.1) is 12.7 Å². The second-order valence-electron chi connectivity index (χ2n) is 10.2. The minimum Gasteiger partial charge on any atom is -0.351 e. The smallest absolute Gasteiger partial charge is 0.253 e. The van der Waals surface area contributed by atoms with Gasteiger partial charge in [-0.2, -0.15) is 0 Å². The zero-order chi connectivity index (χ0) is 25.5. The van der Waals surface area contributed by atoms with E-state index >= 15 is 0 Å². The Balaban J connectivity index is 1.33. The van der Waals surface area contributed by atoms with Crippen LogP contribution in [0.4, 0.5) is 10.2 Å². The number of nitrogens with zero attached hydrogens (tertiary/aromatic N) is 4. The van der Waals surface area contributed by atoms with E-state index < -0.39 is 0 Å². The molecule has 3 aromatic carbocycles. The average Bonchev–Trinajstić information content (AvgIpc) is 2.92. The third kappa shape index (κ3) is 4.44. The number of halogens is 1. The molecule has 37 heavy (non-hydrogen) atoms. The molecule has 0 unspecified atom stereocenters. The SMILES string of the molecule is Cc1cc(-c2ccccc2F)cc2c(N3CCc4ccc(C(=O)N5CCC(N)CC5)cc4C3)ncnc12. The van der Waals surface area contributed by atoms with Gasteiger partial charge in [-0.15, -0.1) is 0 Å². The van der Waals surface area contributed by atoms with Crippen molar-refractivity contribution in [3.05, 3.63) is 89.0 Å². The lowest BCUT2D eigenvalue weighted by Gasteiger charge is -2.32. The Labute approximate surface area is 215 Å². The summed E-state index contributed by atoms with van der Waals surface area (Å²) in [5, 5.41) is 0.904. The first kappa shape index (κ1) is 23.6. The number of carbonyl (C=O) groups is 1. The molecule has 188 valence electrons. The molecule has 3 heterocycles. The van der Waals surface area contributed by atoms with Gasteiger partial charge in [-0.05, 0) is 78.8 Å². The quantitative estimate of drug-likeness (QED) is 0.439. The number of anilines is 1. The van der Waals surface area contributed by atoms with E-state index in [2.05, 4.69) is 20.9 Å². The number of likely N-dealkylation sites (tertiary alicyclic amines) is 1. The van der Waals surface area contributed by atoms with Crippen molar-refractivity contribution in [2.45, 2.75) is 38.8 Å². The van der Waals surface area contributed by atoms with Crippen LogP contribution in [0.25, 0.3) is 22.0 Å². The van der Waals surface area contributed by atoms with Crippen molar-refractivity contribution < 1.29 is 9.18 Å². The minimum absolute atomic E-state index is 0.0736. The maximum atomic E-state index is 14.6. The van der Waals surface area contributed by atoms with Crippen LogP contribution in [0.15, 0.2) is 60.9 Å². The highest BCUT2D eigenvalue weighted by Gasteiger charge is 2.25. The second kappa shape index (κ2) is 9.56. The Morgan fingerprint density at radius 1 is 1.00 bits per heavy atom. The first-order valence-electron chi connectivity index (χ1n) is 12.9. The van der Waals surface area contributed by atoms with Crippen LogP contribution in [0.5, 0.6) is 0 Å². The predicted molar refractivity (Wildman–Crippen MR) is 144 cm³/mol. The molecule has 0 spiro atoms. The molecule has 1 aromatic heterocycles. The van der Waals surface area contributed by atoms with Crippen molar-refractivity contribution >= 4 is 22.6 Å². The molecule has 0 saturated carbocycles. The fraction of sp³-hybridized carbons (Fsp3) is 0.300. The van der Waals surface area contributed by atoms with E-state index in [4.69, 9.17) is 5.73 Å². The zero-order valence-corrected chi connectivity index (χ0v) is 21.0. The monoisotopic (exact) mass is 495 g/mol. The van der Waals surface area contributed by atoms with E-state index in [1.807, 2.05) is 42.2 Å². The van der Waals surface area contributed by atoms with Gasteiger partial charge < -0.3 is 15.5 Å². The van der Waals surface area contributed by atoms with Crippen molar-refractivity contribution in [2.75, 3.05) is 24.5 Å². The Kier molecular flexibility index (Phi) is 6.08. The number of aryl methyl sites for hydroxylation is 1. The number of amides is 1. The number of piperidine rings is 1. The van der Waals surface area contributed by atoms with Crippen molar-refractivity contribution in [3.8, 4) is 11.1 Å².